The average Bonchev–Trinajstić information content (AvgIpc) is 3.14. The van der Waals surface area contributed by atoms with Crippen LogP contribution in [0.5, 0.6) is 0 Å². The Kier molecular flexibility index (Phi) is 4.36. The van der Waals surface area contributed by atoms with Crippen molar-refractivity contribution in [1.29, 1.82) is 0 Å². The quantitative estimate of drug-likeness (QED) is 0.756. The molecule has 2 atom stereocenters. The number of aromatic nitrogens is 2. The first-order valence-corrected chi connectivity index (χ1v) is 10.0. The highest BCUT2D eigenvalue weighted by Gasteiger charge is 2.36. The highest BCUT2D eigenvalue weighted by Crippen LogP contribution is 2.33. The molecule has 1 N–H and O–H groups in total. The van der Waals surface area contributed by atoms with Gasteiger partial charge in [-0.1, -0.05) is 12.5 Å². The molecule has 1 amide bonds. The summed E-state index contributed by atoms with van der Waals surface area (Å²) in [4.78, 5) is 24.2. The highest BCUT2D eigenvalue weighted by atomic mass is 16.3. The second-order valence-corrected chi connectivity index (χ2v) is 7.95. The molecule has 2 saturated heterocycles. The van der Waals surface area contributed by atoms with Gasteiger partial charge in [-0.25, -0.2) is 4.98 Å². The zero-order chi connectivity index (χ0) is 19.1. The van der Waals surface area contributed by atoms with Gasteiger partial charge in [0, 0.05) is 36.1 Å². The number of amides is 1. The van der Waals surface area contributed by atoms with Crippen molar-refractivity contribution in [3.05, 3.63) is 48.3 Å². The fourth-order valence-corrected chi connectivity index (χ4v) is 4.75. The van der Waals surface area contributed by atoms with Gasteiger partial charge in [-0.2, -0.15) is 0 Å². The maximum atomic E-state index is 13.1. The number of nitrogens with zero attached hydrogens (tertiary/aromatic N) is 3. The van der Waals surface area contributed by atoms with Crippen LogP contribution in [0.4, 0.5) is 0 Å². The van der Waals surface area contributed by atoms with Crippen LogP contribution in [-0.4, -0.2) is 45.9 Å². The second kappa shape index (κ2) is 7.02. The van der Waals surface area contributed by atoms with E-state index < -0.39 is 0 Å². The summed E-state index contributed by atoms with van der Waals surface area (Å²) in [6.07, 6.45) is 9.21. The van der Waals surface area contributed by atoms with E-state index in [1.807, 2.05) is 30.3 Å². The lowest BCUT2D eigenvalue weighted by molar-refractivity contribution is 0.0463. The van der Waals surface area contributed by atoms with Crippen molar-refractivity contribution in [1.82, 2.24) is 20.2 Å². The first kappa shape index (κ1) is 17.4. The molecular formula is C22H24N4O2. The zero-order valence-corrected chi connectivity index (χ0v) is 16.0. The van der Waals surface area contributed by atoms with Crippen molar-refractivity contribution in [3.8, 4) is 11.5 Å². The van der Waals surface area contributed by atoms with Gasteiger partial charge in [0.2, 0.25) is 5.89 Å². The maximum absolute atomic E-state index is 13.1. The average molecular weight is 376 g/mol. The van der Waals surface area contributed by atoms with E-state index in [4.69, 9.17) is 4.42 Å². The SMILES string of the molecule is CN1C2CCCC1CC(NC(=O)c1cccc3oc(-c4ccncc4)nc13)C2. The lowest BCUT2D eigenvalue weighted by Gasteiger charge is -2.47. The van der Waals surface area contributed by atoms with E-state index in [1.54, 1.807) is 12.4 Å². The van der Waals surface area contributed by atoms with Crippen LogP contribution in [-0.2, 0) is 0 Å². The Morgan fingerprint density at radius 3 is 2.64 bits per heavy atom. The number of hydrogen-bond donors (Lipinski definition) is 1. The summed E-state index contributed by atoms with van der Waals surface area (Å²) in [5.74, 6) is 0.444. The summed E-state index contributed by atoms with van der Waals surface area (Å²) in [5, 5.41) is 3.27. The van der Waals surface area contributed by atoms with Gasteiger partial charge in [0.15, 0.2) is 5.58 Å². The van der Waals surface area contributed by atoms with Crippen molar-refractivity contribution < 1.29 is 9.21 Å². The molecule has 6 nitrogen and oxygen atoms in total. The number of rotatable bonds is 3. The minimum Gasteiger partial charge on any atom is -0.436 e. The van der Waals surface area contributed by atoms with E-state index in [0.29, 0.717) is 34.6 Å². The standard InChI is InChI=1S/C22H24N4O2/c1-26-16-4-2-5-17(26)13-15(12-16)24-21(27)18-6-3-7-19-20(18)25-22(28-19)14-8-10-23-11-9-14/h3,6-11,15-17H,2,4-5,12-13H2,1H3,(H,24,27). The monoisotopic (exact) mass is 376 g/mol. The number of benzene rings is 1. The third-order valence-electron chi connectivity index (χ3n) is 6.27. The molecule has 2 aromatic heterocycles. The van der Waals surface area contributed by atoms with E-state index in [2.05, 4.69) is 27.2 Å². The van der Waals surface area contributed by atoms with Crippen molar-refractivity contribution in [2.45, 2.75) is 50.2 Å². The fraction of sp³-hybridized carbons (Fsp3) is 0.409. The number of pyridine rings is 1. The van der Waals surface area contributed by atoms with E-state index in [9.17, 15) is 4.79 Å². The molecule has 2 unspecified atom stereocenters. The minimum absolute atomic E-state index is 0.0622. The van der Waals surface area contributed by atoms with Crippen LogP contribution >= 0.6 is 0 Å². The predicted molar refractivity (Wildman–Crippen MR) is 107 cm³/mol. The Morgan fingerprint density at radius 2 is 1.89 bits per heavy atom. The van der Waals surface area contributed by atoms with Gasteiger partial charge >= 0.3 is 0 Å². The third-order valence-corrected chi connectivity index (χ3v) is 6.27. The van der Waals surface area contributed by atoms with Crippen molar-refractivity contribution in [2.75, 3.05) is 7.05 Å². The fourth-order valence-electron chi connectivity index (χ4n) is 4.75. The van der Waals surface area contributed by atoms with Gasteiger partial charge in [0.05, 0.1) is 5.56 Å². The van der Waals surface area contributed by atoms with Crippen LogP contribution in [0.1, 0.15) is 42.5 Å². The molecule has 3 aromatic rings. The van der Waals surface area contributed by atoms with Crippen molar-refractivity contribution >= 4 is 17.0 Å². The number of carbonyl (C=O) groups excluding carboxylic acids is 1. The lowest BCUT2D eigenvalue weighted by atomic mass is 9.82. The molecule has 0 aliphatic carbocycles. The van der Waals surface area contributed by atoms with Gasteiger partial charge < -0.3 is 14.6 Å². The van der Waals surface area contributed by atoms with Crippen LogP contribution in [0, 0.1) is 0 Å². The Balaban J connectivity index is 1.40. The molecule has 6 heteroatoms. The first-order chi connectivity index (χ1) is 13.7. The summed E-state index contributed by atoms with van der Waals surface area (Å²) in [6.45, 7) is 0. The van der Waals surface area contributed by atoms with Crippen molar-refractivity contribution in [2.24, 2.45) is 0 Å². The van der Waals surface area contributed by atoms with Gasteiger partial charge in [0.1, 0.15) is 5.52 Å². The van der Waals surface area contributed by atoms with E-state index in [1.165, 1.54) is 19.3 Å². The smallest absolute Gasteiger partial charge is 0.253 e. The summed E-state index contributed by atoms with van der Waals surface area (Å²) >= 11 is 0. The third kappa shape index (κ3) is 3.07. The number of piperidine rings is 2. The summed E-state index contributed by atoms with van der Waals surface area (Å²) in [7, 11) is 2.23. The lowest BCUT2D eigenvalue weighted by Crippen LogP contribution is -2.55. The molecular weight excluding hydrogens is 352 g/mol. The number of para-hydroxylation sites is 1. The Hall–Kier alpha value is -2.73. The van der Waals surface area contributed by atoms with Crippen LogP contribution in [0.15, 0.2) is 47.1 Å². The Labute approximate surface area is 164 Å². The van der Waals surface area contributed by atoms with Crippen LogP contribution < -0.4 is 5.32 Å². The van der Waals surface area contributed by atoms with Gasteiger partial charge in [-0.05, 0) is 57.0 Å². The zero-order valence-electron chi connectivity index (χ0n) is 16.0. The van der Waals surface area contributed by atoms with Gasteiger partial charge in [0.25, 0.3) is 5.91 Å². The molecule has 0 spiro atoms. The summed E-state index contributed by atoms with van der Waals surface area (Å²) < 4.78 is 5.88. The molecule has 28 heavy (non-hydrogen) atoms. The molecule has 0 radical (unpaired) electrons. The Morgan fingerprint density at radius 1 is 1.14 bits per heavy atom. The molecule has 1 aromatic carbocycles. The molecule has 144 valence electrons. The van der Waals surface area contributed by atoms with Crippen LogP contribution in [0.2, 0.25) is 0 Å². The summed E-state index contributed by atoms with van der Waals surface area (Å²) in [5.41, 5.74) is 2.66. The van der Waals surface area contributed by atoms with Gasteiger partial charge in [-0.15, -0.1) is 0 Å². The molecule has 0 saturated carbocycles. The van der Waals surface area contributed by atoms with E-state index in [0.717, 1.165) is 18.4 Å². The normalized spacial score (nSPS) is 25.0. The van der Waals surface area contributed by atoms with Crippen molar-refractivity contribution in [3.63, 3.8) is 0 Å². The van der Waals surface area contributed by atoms with Crippen LogP contribution in [0.25, 0.3) is 22.6 Å². The number of fused-ring (bicyclic) bond motifs is 3. The number of oxazole rings is 1. The topological polar surface area (TPSA) is 71.3 Å². The van der Waals surface area contributed by atoms with Gasteiger partial charge in [-0.3, -0.25) is 9.78 Å². The molecule has 2 aliphatic rings. The summed E-state index contributed by atoms with van der Waals surface area (Å²) in [6, 6.07) is 10.6. The predicted octanol–water partition coefficient (Wildman–Crippen LogP) is 3.63. The molecule has 2 aliphatic heterocycles. The first-order valence-electron chi connectivity index (χ1n) is 10.0. The minimum atomic E-state index is -0.0622. The molecule has 2 bridgehead atoms. The van der Waals surface area contributed by atoms with E-state index in [-0.39, 0.29) is 11.9 Å². The Bertz CT molecular complexity index is 986. The molecule has 4 heterocycles. The number of nitrogens with one attached hydrogen (secondary N) is 1. The highest BCUT2D eigenvalue weighted by molar-refractivity contribution is 6.05. The number of carbonyl (C=O) groups is 1. The second-order valence-electron chi connectivity index (χ2n) is 7.95. The van der Waals surface area contributed by atoms with Crippen LogP contribution in [0.3, 0.4) is 0 Å². The largest absolute Gasteiger partial charge is 0.436 e. The molecule has 5 rings (SSSR count). The number of hydrogen-bond acceptors (Lipinski definition) is 5. The van der Waals surface area contributed by atoms with E-state index >= 15 is 0 Å². The maximum Gasteiger partial charge on any atom is 0.253 e. The molecule has 2 fully saturated rings.